The SMILES string of the molecule is OCCC1OC2OC(CO)C(OC(O)/C(O)=C(\O)C(CCO)OC3OC(CO)C(OC4OC(CO)C(OC5OC(CO)C(OC6OC(CO)C(OC(O)C(O)=C1O)C(O)C6O)C(O)C5O)C(O)C4O)C(O)C3O)C(O)C2O. The molecule has 0 aromatic heterocycles. The van der Waals surface area contributed by atoms with Gasteiger partial charge in [0.25, 0.3) is 0 Å². The van der Waals surface area contributed by atoms with E-state index in [4.69, 9.17) is 56.8 Å². The first-order valence-corrected chi connectivity index (χ1v) is 24.0. The lowest BCUT2D eigenvalue weighted by Crippen LogP contribution is -2.67. The summed E-state index contributed by atoms with van der Waals surface area (Å²) in [4.78, 5) is 0. The molecule has 0 spiro atoms. The van der Waals surface area contributed by atoms with Crippen molar-refractivity contribution in [2.45, 2.75) is 191 Å². The van der Waals surface area contributed by atoms with Crippen LogP contribution < -0.4 is 0 Å². The number of rotatable bonds is 9. The van der Waals surface area contributed by atoms with Crippen molar-refractivity contribution in [2.24, 2.45) is 0 Å². The molecule has 35 heteroatoms. The summed E-state index contributed by atoms with van der Waals surface area (Å²) in [6, 6.07) is 0. The molecule has 0 aliphatic carbocycles. The Kier molecular flexibility index (Phi) is 23.1. The van der Waals surface area contributed by atoms with Crippen molar-refractivity contribution >= 4 is 0 Å². The molecule has 77 heavy (non-hydrogen) atoms. The van der Waals surface area contributed by atoms with Crippen LogP contribution in [0.2, 0.25) is 0 Å². The molecule has 11 aliphatic rings. The highest BCUT2D eigenvalue weighted by molar-refractivity contribution is 5.10. The van der Waals surface area contributed by atoms with Crippen molar-refractivity contribution in [1.29, 1.82) is 0 Å². The van der Waals surface area contributed by atoms with E-state index >= 15 is 0 Å². The summed E-state index contributed by atoms with van der Waals surface area (Å²) >= 11 is 0. The van der Waals surface area contributed by atoms with Crippen molar-refractivity contribution in [3.63, 3.8) is 0 Å². The van der Waals surface area contributed by atoms with E-state index in [2.05, 4.69) is 0 Å². The molecule has 448 valence electrons. The van der Waals surface area contributed by atoms with E-state index in [1.54, 1.807) is 0 Å². The van der Waals surface area contributed by atoms with Gasteiger partial charge in [-0.1, -0.05) is 0 Å². The van der Waals surface area contributed by atoms with Gasteiger partial charge in [-0.3, -0.25) is 0 Å². The van der Waals surface area contributed by atoms with E-state index in [1.165, 1.54) is 0 Å². The molecule has 0 aromatic rings. The molecule has 11 rings (SSSR count). The van der Waals surface area contributed by atoms with Crippen molar-refractivity contribution < 1.29 is 174 Å². The van der Waals surface area contributed by atoms with Crippen LogP contribution in [0.15, 0.2) is 23.0 Å². The van der Waals surface area contributed by atoms with Crippen LogP contribution in [0.3, 0.4) is 0 Å². The highest BCUT2D eigenvalue weighted by Crippen LogP contribution is 2.37. The molecule has 0 saturated carbocycles. The molecular weight excluding hydrogens is 1060 g/mol. The number of hydrogen-bond donors (Lipinski definition) is 23. The fraction of sp³-hybridized carbons (Fsp3) is 0.905. The van der Waals surface area contributed by atoms with Crippen LogP contribution in [-0.2, 0) is 56.8 Å². The van der Waals surface area contributed by atoms with E-state index in [0.717, 1.165) is 0 Å². The predicted octanol–water partition coefficient (Wildman–Crippen LogP) is -12.1. The molecule has 11 heterocycles. The Labute approximate surface area is 434 Å². The predicted molar refractivity (Wildman–Crippen MR) is 233 cm³/mol. The second-order valence-corrected chi connectivity index (χ2v) is 18.6. The van der Waals surface area contributed by atoms with Gasteiger partial charge in [0.15, 0.2) is 54.5 Å². The van der Waals surface area contributed by atoms with Crippen molar-refractivity contribution in [3.8, 4) is 0 Å². The Balaban J connectivity index is 1.33. The monoisotopic (exact) mass is 1130 g/mol. The highest BCUT2D eigenvalue weighted by atomic mass is 16.8. The lowest BCUT2D eigenvalue weighted by molar-refractivity contribution is -0.390. The number of fused-ring (bicyclic) bond motifs is 5. The molecule has 35 nitrogen and oxygen atoms in total. The van der Waals surface area contributed by atoms with Crippen LogP contribution in [-0.4, -0.2) is 342 Å². The van der Waals surface area contributed by atoms with Gasteiger partial charge < -0.3 is 174 Å². The van der Waals surface area contributed by atoms with Crippen LogP contribution in [0.5, 0.6) is 0 Å². The third-order valence-electron chi connectivity index (χ3n) is 13.5. The van der Waals surface area contributed by atoms with Crippen LogP contribution in [0.25, 0.3) is 0 Å². The van der Waals surface area contributed by atoms with Gasteiger partial charge in [-0.05, 0) is 0 Å². The summed E-state index contributed by atoms with van der Waals surface area (Å²) in [5, 5.41) is 248. The molecule has 0 amide bonds. The second kappa shape index (κ2) is 27.9. The minimum atomic E-state index is -2.73. The molecule has 5 fully saturated rings. The Hall–Kier alpha value is -2.56. The zero-order valence-corrected chi connectivity index (χ0v) is 40.3. The quantitative estimate of drug-likeness (QED) is 0.102. The maximum absolute atomic E-state index is 11.3. The normalized spacial score (nSPS) is 49.5. The second-order valence-electron chi connectivity index (χ2n) is 18.6. The Morgan fingerprint density at radius 3 is 0.662 bits per heavy atom. The summed E-state index contributed by atoms with van der Waals surface area (Å²) in [5.74, 6) is -5.81. The zero-order valence-electron chi connectivity index (χ0n) is 40.3. The fourth-order valence-corrected chi connectivity index (χ4v) is 9.24. The largest absolute Gasteiger partial charge is 0.506 e. The van der Waals surface area contributed by atoms with Crippen LogP contribution in [0.4, 0.5) is 0 Å². The first kappa shape index (κ1) is 63.6. The molecule has 0 aromatic carbocycles. The van der Waals surface area contributed by atoms with E-state index in [9.17, 15) is 117 Å². The van der Waals surface area contributed by atoms with Crippen LogP contribution in [0.1, 0.15) is 12.8 Å². The average molecular weight is 1130 g/mol. The van der Waals surface area contributed by atoms with E-state index in [1.807, 2.05) is 0 Å². The minimum absolute atomic E-state index is 0.692. The molecule has 10 bridgehead atoms. The summed E-state index contributed by atoms with van der Waals surface area (Å²) in [6.07, 6.45) is -62.8. The van der Waals surface area contributed by atoms with E-state index < -0.39 is 260 Å². The van der Waals surface area contributed by atoms with Gasteiger partial charge in [-0.25, -0.2) is 0 Å². The molecular formula is C42H70O35. The third-order valence-corrected chi connectivity index (χ3v) is 13.5. The number of ether oxygens (including phenoxy) is 12. The first-order valence-electron chi connectivity index (χ1n) is 24.0. The smallest absolute Gasteiger partial charge is 0.218 e. The Morgan fingerprint density at radius 2 is 0.455 bits per heavy atom. The third kappa shape index (κ3) is 13.7. The van der Waals surface area contributed by atoms with E-state index in [-0.39, 0.29) is 0 Å². The summed E-state index contributed by atoms with van der Waals surface area (Å²) in [5.41, 5.74) is 0. The fourth-order valence-electron chi connectivity index (χ4n) is 9.24. The number of hydrogen-bond acceptors (Lipinski definition) is 35. The Morgan fingerprint density at radius 1 is 0.247 bits per heavy atom. The van der Waals surface area contributed by atoms with Gasteiger partial charge in [0.05, 0.1) is 33.0 Å². The maximum Gasteiger partial charge on any atom is 0.218 e. The molecule has 11 aliphatic heterocycles. The maximum atomic E-state index is 11.3. The molecule has 29 atom stereocenters. The zero-order chi connectivity index (χ0) is 56.9. The number of aliphatic hydroxyl groups excluding tert-OH is 23. The highest BCUT2D eigenvalue weighted by Gasteiger charge is 2.57. The van der Waals surface area contributed by atoms with Gasteiger partial charge in [0, 0.05) is 26.1 Å². The first-order chi connectivity index (χ1) is 36.5. The van der Waals surface area contributed by atoms with Gasteiger partial charge in [0.1, 0.15) is 134 Å². The molecule has 0 radical (unpaired) electrons. The van der Waals surface area contributed by atoms with Crippen LogP contribution in [0, 0.1) is 0 Å². The molecule has 29 unspecified atom stereocenters. The average Bonchev–Trinajstić information content (AvgIpc) is 3.42. The van der Waals surface area contributed by atoms with Gasteiger partial charge in [-0.15, -0.1) is 0 Å². The van der Waals surface area contributed by atoms with Gasteiger partial charge in [0.2, 0.25) is 12.6 Å². The summed E-state index contributed by atoms with van der Waals surface area (Å²) < 4.78 is 66.3. The summed E-state index contributed by atoms with van der Waals surface area (Å²) in [6.45, 7) is -7.25. The topological polar surface area (TPSA) is 576 Å². The summed E-state index contributed by atoms with van der Waals surface area (Å²) in [7, 11) is 0. The minimum Gasteiger partial charge on any atom is -0.506 e. The van der Waals surface area contributed by atoms with Crippen molar-refractivity contribution in [1.82, 2.24) is 0 Å². The number of aliphatic hydroxyl groups is 23. The van der Waals surface area contributed by atoms with E-state index in [0.29, 0.717) is 0 Å². The molecule has 5 saturated heterocycles. The van der Waals surface area contributed by atoms with Gasteiger partial charge >= 0.3 is 0 Å². The Bertz CT molecular complexity index is 1880. The van der Waals surface area contributed by atoms with Crippen LogP contribution >= 0.6 is 0 Å². The molecule has 23 N–H and O–H groups in total. The lowest BCUT2D eigenvalue weighted by Gasteiger charge is -2.49. The van der Waals surface area contributed by atoms with Crippen molar-refractivity contribution in [3.05, 3.63) is 23.0 Å². The van der Waals surface area contributed by atoms with Gasteiger partial charge in [-0.2, -0.15) is 0 Å². The standard InChI is InChI=1S/C42H70O35/c43-3-1-10-17(50)25(58)37(65)74-32-13(6-46)70-40(28(61)20(32)53)76-34-15(8-48)72-42(30(63)22(34)55)77-35-16(9-49)71-41(29(62)23(35)56)75-33-14(7-47)69-39(27(60)21(33)54)67-11(2-4-44)18(51)24(57)36(64)73-31-12(5-45)68-38(66-10)26(59)19(31)52/h10-16,19-23,26-65H,1-9H2/b24-18+,25-17?. The van der Waals surface area contributed by atoms with Crippen molar-refractivity contribution in [2.75, 3.05) is 46.2 Å². The lowest BCUT2D eigenvalue weighted by atomic mass is 9.95.